The average molecular weight is 341 g/mol. The Morgan fingerprint density at radius 3 is 2.35 bits per heavy atom. The fraction of sp³-hybridized carbons (Fsp3) is 0.688. The molecule has 1 unspecified atom stereocenters. The molecule has 1 fully saturated rings. The molecule has 23 heavy (non-hydrogen) atoms. The van der Waals surface area contributed by atoms with E-state index in [0.29, 0.717) is 18.2 Å². The van der Waals surface area contributed by atoms with Crippen molar-refractivity contribution in [1.82, 2.24) is 13.8 Å². The fourth-order valence-electron chi connectivity index (χ4n) is 3.65. The van der Waals surface area contributed by atoms with Crippen molar-refractivity contribution >= 4 is 15.9 Å². The smallest absolute Gasteiger partial charge is 0.270 e. The summed E-state index contributed by atoms with van der Waals surface area (Å²) in [5, 5.41) is 0. The normalized spacial score (nSPS) is 20.9. The fourth-order valence-corrected chi connectivity index (χ4v) is 4.62. The maximum atomic E-state index is 12.9. The molecule has 0 radical (unpaired) electrons. The Kier molecular flexibility index (Phi) is 4.41. The van der Waals surface area contributed by atoms with Gasteiger partial charge in [-0.1, -0.05) is 27.7 Å². The van der Waals surface area contributed by atoms with E-state index in [-0.39, 0.29) is 22.3 Å². The summed E-state index contributed by atoms with van der Waals surface area (Å²) >= 11 is 0. The standard InChI is InChI=1S/C16H27N3O3S/c1-11(2)14-16(3,4)10-19(14)15(20)13-8-12(9-18(13)7)23(21,22)17(5)6/h8-9,11,14H,10H2,1-7H3. The SMILES string of the molecule is CC(C)C1N(C(=O)c2cc(S(=O)(=O)N(C)C)cn2C)CC1(C)C. The maximum absolute atomic E-state index is 12.9. The van der Waals surface area contributed by atoms with Crippen LogP contribution in [0, 0.1) is 11.3 Å². The van der Waals surface area contributed by atoms with Gasteiger partial charge in [0, 0.05) is 45.3 Å². The number of sulfonamides is 1. The molecule has 0 spiro atoms. The van der Waals surface area contributed by atoms with Crippen LogP contribution in [-0.4, -0.2) is 54.8 Å². The summed E-state index contributed by atoms with van der Waals surface area (Å²) in [6.07, 6.45) is 1.50. The molecule has 0 N–H and O–H groups in total. The van der Waals surface area contributed by atoms with Gasteiger partial charge in [-0.15, -0.1) is 0 Å². The molecule has 1 aromatic heterocycles. The van der Waals surface area contributed by atoms with Gasteiger partial charge < -0.3 is 9.47 Å². The number of aryl methyl sites for hydroxylation is 1. The van der Waals surface area contributed by atoms with Crippen LogP contribution in [0.15, 0.2) is 17.2 Å². The van der Waals surface area contributed by atoms with E-state index in [1.807, 2.05) is 4.90 Å². The van der Waals surface area contributed by atoms with Crippen LogP contribution in [0.5, 0.6) is 0 Å². The first kappa shape index (κ1) is 18.0. The van der Waals surface area contributed by atoms with E-state index < -0.39 is 10.0 Å². The lowest BCUT2D eigenvalue weighted by atomic mass is 9.70. The van der Waals surface area contributed by atoms with Crippen molar-refractivity contribution in [3.8, 4) is 0 Å². The van der Waals surface area contributed by atoms with Crippen molar-refractivity contribution in [2.75, 3.05) is 20.6 Å². The van der Waals surface area contributed by atoms with Crippen molar-refractivity contribution in [3.05, 3.63) is 18.0 Å². The maximum Gasteiger partial charge on any atom is 0.270 e. The topological polar surface area (TPSA) is 62.6 Å². The van der Waals surface area contributed by atoms with Gasteiger partial charge in [-0.3, -0.25) is 4.79 Å². The van der Waals surface area contributed by atoms with Crippen molar-refractivity contribution in [3.63, 3.8) is 0 Å². The first-order valence-corrected chi connectivity index (χ1v) is 9.23. The summed E-state index contributed by atoms with van der Waals surface area (Å²) < 4.78 is 27.2. The van der Waals surface area contributed by atoms with Gasteiger partial charge in [-0.05, 0) is 12.0 Å². The van der Waals surface area contributed by atoms with Gasteiger partial charge in [0.15, 0.2) is 0 Å². The summed E-state index contributed by atoms with van der Waals surface area (Å²) in [5.74, 6) is 0.249. The Morgan fingerprint density at radius 2 is 1.91 bits per heavy atom. The van der Waals surface area contributed by atoms with E-state index in [4.69, 9.17) is 0 Å². The summed E-state index contributed by atoms with van der Waals surface area (Å²) in [6.45, 7) is 9.23. The van der Waals surface area contributed by atoms with E-state index in [1.165, 1.54) is 26.4 Å². The predicted molar refractivity (Wildman–Crippen MR) is 89.7 cm³/mol. The van der Waals surface area contributed by atoms with Crippen LogP contribution in [0.25, 0.3) is 0 Å². The van der Waals surface area contributed by atoms with E-state index in [2.05, 4.69) is 27.7 Å². The lowest BCUT2D eigenvalue weighted by Gasteiger charge is -2.56. The number of amides is 1. The quantitative estimate of drug-likeness (QED) is 0.839. The molecule has 0 aliphatic carbocycles. The molecule has 0 aromatic carbocycles. The highest BCUT2D eigenvalue weighted by molar-refractivity contribution is 7.89. The van der Waals surface area contributed by atoms with Gasteiger partial charge in [-0.25, -0.2) is 12.7 Å². The molecule has 1 aliphatic rings. The third-order valence-electron chi connectivity index (χ3n) is 4.58. The molecular formula is C16H27N3O3S. The van der Waals surface area contributed by atoms with Crippen molar-refractivity contribution in [2.45, 2.75) is 38.6 Å². The van der Waals surface area contributed by atoms with E-state index in [9.17, 15) is 13.2 Å². The third kappa shape index (κ3) is 2.92. The van der Waals surface area contributed by atoms with Gasteiger partial charge in [0.1, 0.15) is 10.6 Å². The molecule has 6 nitrogen and oxygen atoms in total. The Hall–Kier alpha value is -1.34. The molecule has 130 valence electrons. The number of carbonyl (C=O) groups excluding carboxylic acids is 1. The number of hydrogen-bond donors (Lipinski definition) is 0. The highest BCUT2D eigenvalue weighted by atomic mass is 32.2. The summed E-state index contributed by atoms with van der Waals surface area (Å²) in [7, 11) is 1.13. The Labute approximate surface area is 139 Å². The van der Waals surface area contributed by atoms with Crippen molar-refractivity contribution in [1.29, 1.82) is 0 Å². The molecule has 1 aromatic rings. The first-order chi connectivity index (χ1) is 10.4. The molecule has 7 heteroatoms. The molecular weight excluding hydrogens is 314 g/mol. The van der Waals surface area contributed by atoms with Gasteiger partial charge in [0.2, 0.25) is 10.0 Å². The molecule has 2 heterocycles. The molecule has 1 amide bonds. The molecule has 0 saturated carbocycles. The van der Waals surface area contributed by atoms with E-state index in [0.717, 1.165) is 4.31 Å². The van der Waals surface area contributed by atoms with Gasteiger partial charge in [0.05, 0.1) is 0 Å². The zero-order chi connectivity index (χ0) is 17.7. The van der Waals surface area contributed by atoms with Crippen LogP contribution in [0.1, 0.15) is 38.2 Å². The Balaban J connectivity index is 2.34. The Bertz CT molecular complexity index is 717. The highest BCUT2D eigenvalue weighted by Gasteiger charge is 2.49. The van der Waals surface area contributed by atoms with Gasteiger partial charge in [-0.2, -0.15) is 0 Å². The average Bonchev–Trinajstić information content (AvgIpc) is 2.77. The number of carbonyl (C=O) groups is 1. The number of nitrogens with zero attached hydrogens (tertiary/aromatic N) is 3. The summed E-state index contributed by atoms with van der Waals surface area (Å²) in [6, 6.07) is 1.64. The number of likely N-dealkylation sites (tertiary alicyclic amines) is 1. The van der Waals surface area contributed by atoms with Crippen molar-refractivity contribution in [2.24, 2.45) is 18.4 Å². The minimum Gasteiger partial charge on any atom is -0.345 e. The summed E-state index contributed by atoms with van der Waals surface area (Å²) in [5.41, 5.74) is 0.500. The monoisotopic (exact) mass is 341 g/mol. The lowest BCUT2D eigenvalue weighted by Crippen LogP contribution is -2.66. The second-order valence-electron chi connectivity index (χ2n) is 7.57. The molecule has 1 saturated heterocycles. The van der Waals surface area contributed by atoms with Gasteiger partial charge >= 0.3 is 0 Å². The number of rotatable bonds is 4. The van der Waals surface area contributed by atoms with Crippen LogP contribution in [0.4, 0.5) is 0 Å². The van der Waals surface area contributed by atoms with Gasteiger partial charge in [0.25, 0.3) is 5.91 Å². The zero-order valence-electron chi connectivity index (χ0n) is 15.0. The predicted octanol–water partition coefficient (Wildman–Crippen LogP) is 1.78. The summed E-state index contributed by atoms with van der Waals surface area (Å²) in [4.78, 5) is 14.9. The molecule has 1 aliphatic heterocycles. The molecule has 2 rings (SSSR count). The minimum absolute atomic E-state index is 0.0908. The first-order valence-electron chi connectivity index (χ1n) is 7.79. The second kappa shape index (κ2) is 5.63. The van der Waals surface area contributed by atoms with Crippen LogP contribution >= 0.6 is 0 Å². The highest BCUT2D eigenvalue weighted by Crippen LogP contribution is 2.42. The number of hydrogen-bond acceptors (Lipinski definition) is 3. The third-order valence-corrected chi connectivity index (χ3v) is 6.36. The zero-order valence-corrected chi connectivity index (χ0v) is 15.8. The minimum atomic E-state index is -3.54. The lowest BCUT2D eigenvalue weighted by molar-refractivity contribution is -0.0524. The van der Waals surface area contributed by atoms with Crippen LogP contribution in [-0.2, 0) is 17.1 Å². The van der Waals surface area contributed by atoms with Crippen LogP contribution in [0.2, 0.25) is 0 Å². The second-order valence-corrected chi connectivity index (χ2v) is 9.72. The van der Waals surface area contributed by atoms with Crippen LogP contribution in [0.3, 0.4) is 0 Å². The molecule has 1 atom stereocenters. The Morgan fingerprint density at radius 1 is 1.35 bits per heavy atom. The largest absolute Gasteiger partial charge is 0.345 e. The van der Waals surface area contributed by atoms with E-state index >= 15 is 0 Å². The molecule has 0 bridgehead atoms. The number of aromatic nitrogens is 1. The van der Waals surface area contributed by atoms with E-state index in [1.54, 1.807) is 11.6 Å². The van der Waals surface area contributed by atoms with Crippen molar-refractivity contribution < 1.29 is 13.2 Å². The van der Waals surface area contributed by atoms with Crippen LogP contribution < -0.4 is 0 Å².